The minimum atomic E-state index is -0.866. The number of carbonyl (C=O) groups is 3. The summed E-state index contributed by atoms with van der Waals surface area (Å²) < 4.78 is 17.5. The zero-order valence-corrected chi connectivity index (χ0v) is 25.6. The summed E-state index contributed by atoms with van der Waals surface area (Å²) in [4.78, 5) is 39.8. The van der Waals surface area contributed by atoms with E-state index in [2.05, 4.69) is 5.32 Å². The third-order valence-corrected chi connectivity index (χ3v) is 7.47. The number of urea groups is 1. The Morgan fingerprint density at radius 1 is 0.750 bits per heavy atom. The van der Waals surface area contributed by atoms with Gasteiger partial charge in [-0.2, -0.15) is 0 Å². The number of nitrogens with zero attached hydrogens (tertiary/aromatic N) is 1. The monoisotopic (exact) mass is 650 g/mol. The third-order valence-electron chi connectivity index (χ3n) is 6.45. The van der Waals surface area contributed by atoms with Gasteiger partial charge in [-0.05, 0) is 78.2 Å². The fraction of sp³-hybridized carbons (Fsp3) is 0.121. The zero-order chi connectivity index (χ0) is 31.2. The van der Waals surface area contributed by atoms with Crippen LogP contribution in [0.3, 0.4) is 0 Å². The van der Waals surface area contributed by atoms with E-state index in [4.69, 9.17) is 49.0 Å². The Kier molecular flexibility index (Phi) is 9.75. The third kappa shape index (κ3) is 7.17. The molecule has 8 nitrogen and oxygen atoms in total. The zero-order valence-electron chi connectivity index (χ0n) is 23.3. The number of halogens is 3. The van der Waals surface area contributed by atoms with Crippen molar-refractivity contribution in [2.75, 3.05) is 11.5 Å². The van der Waals surface area contributed by atoms with Crippen molar-refractivity contribution in [3.8, 4) is 17.2 Å². The van der Waals surface area contributed by atoms with Gasteiger partial charge in [-0.3, -0.25) is 14.9 Å². The second-order valence-electron chi connectivity index (χ2n) is 9.53. The Bertz CT molecular complexity index is 1740. The second kappa shape index (κ2) is 13.9. The van der Waals surface area contributed by atoms with Crippen LogP contribution < -0.4 is 24.4 Å². The van der Waals surface area contributed by atoms with Crippen molar-refractivity contribution < 1.29 is 28.6 Å². The van der Waals surface area contributed by atoms with E-state index in [9.17, 15) is 14.4 Å². The van der Waals surface area contributed by atoms with Gasteiger partial charge in [-0.1, -0.05) is 71.2 Å². The maximum absolute atomic E-state index is 13.5. The molecular formula is C33H25Cl3N2O6. The lowest BCUT2D eigenvalue weighted by Crippen LogP contribution is -2.54. The molecule has 1 aliphatic rings. The van der Waals surface area contributed by atoms with Crippen LogP contribution in [0.5, 0.6) is 17.2 Å². The van der Waals surface area contributed by atoms with Crippen molar-refractivity contribution in [2.45, 2.75) is 20.1 Å². The molecule has 4 aromatic carbocycles. The van der Waals surface area contributed by atoms with Crippen LogP contribution in [0.2, 0.25) is 15.1 Å². The number of hydrogen-bond donors (Lipinski definition) is 1. The van der Waals surface area contributed by atoms with Crippen molar-refractivity contribution in [2.24, 2.45) is 0 Å². The topological polar surface area (TPSA) is 94.2 Å². The van der Waals surface area contributed by atoms with E-state index in [-0.39, 0.29) is 28.6 Å². The highest BCUT2D eigenvalue weighted by atomic mass is 35.5. The van der Waals surface area contributed by atoms with Crippen LogP contribution in [0.1, 0.15) is 23.6 Å². The Hall–Kier alpha value is -4.50. The first-order chi connectivity index (χ1) is 21.2. The number of carbonyl (C=O) groups excluding carboxylic acids is 3. The average Bonchev–Trinajstić information content (AvgIpc) is 3.01. The predicted molar refractivity (Wildman–Crippen MR) is 170 cm³/mol. The number of imide groups is 2. The quantitative estimate of drug-likeness (QED) is 0.139. The van der Waals surface area contributed by atoms with E-state index in [1.165, 1.54) is 12.1 Å². The number of rotatable bonds is 10. The van der Waals surface area contributed by atoms with Crippen LogP contribution in [0.4, 0.5) is 10.5 Å². The van der Waals surface area contributed by atoms with Gasteiger partial charge in [0, 0.05) is 0 Å². The summed E-state index contributed by atoms with van der Waals surface area (Å²) in [7, 11) is 0. The van der Waals surface area contributed by atoms with Crippen molar-refractivity contribution in [1.82, 2.24) is 5.32 Å². The number of benzene rings is 4. The number of barbiturate groups is 1. The predicted octanol–water partition coefficient (Wildman–Crippen LogP) is 7.87. The first-order valence-corrected chi connectivity index (χ1v) is 14.6. The number of amides is 4. The van der Waals surface area contributed by atoms with E-state index in [1.54, 1.807) is 55.5 Å². The Balaban J connectivity index is 1.36. The molecule has 224 valence electrons. The normalized spacial score (nSPS) is 14.0. The van der Waals surface area contributed by atoms with E-state index in [0.717, 1.165) is 16.0 Å². The largest absolute Gasteiger partial charge is 0.490 e. The van der Waals surface area contributed by atoms with Gasteiger partial charge in [0.1, 0.15) is 24.5 Å². The first kappa shape index (κ1) is 30.9. The van der Waals surface area contributed by atoms with Crippen molar-refractivity contribution in [1.29, 1.82) is 0 Å². The summed E-state index contributed by atoms with van der Waals surface area (Å²) in [6.45, 7) is 2.58. The molecule has 5 rings (SSSR count). The molecule has 4 aromatic rings. The van der Waals surface area contributed by atoms with Crippen LogP contribution in [-0.4, -0.2) is 24.5 Å². The van der Waals surface area contributed by atoms with Crippen molar-refractivity contribution >= 4 is 64.4 Å². The van der Waals surface area contributed by atoms with Crippen LogP contribution in [0.25, 0.3) is 6.08 Å². The molecule has 1 saturated heterocycles. The molecule has 1 fully saturated rings. The Labute approximate surface area is 268 Å². The molecule has 1 heterocycles. The van der Waals surface area contributed by atoms with E-state index in [0.29, 0.717) is 40.3 Å². The van der Waals surface area contributed by atoms with Gasteiger partial charge in [-0.15, -0.1) is 0 Å². The fourth-order valence-electron chi connectivity index (χ4n) is 4.35. The molecule has 1 aliphatic heterocycles. The highest BCUT2D eigenvalue weighted by Gasteiger charge is 2.37. The Morgan fingerprint density at radius 3 is 2.18 bits per heavy atom. The molecule has 0 radical (unpaired) electrons. The molecule has 0 unspecified atom stereocenters. The number of hydrogen-bond acceptors (Lipinski definition) is 6. The molecule has 44 heavy (non-hydrogen) atoms. The highest BCUT2D eigenvalue weighted by Crippen LogP contribution is 2.38. The van der Waals surface area contributed by atoms with Gasteiger partial charge in [0.15, 0.2) is 11.5 Å². The standard InChI is InChI=1S/C33H25Cl3N2O6/c1-2-42-29-17-22(16-28(36)30(29)44-19-21-8-13-26(34)27(35)15-21)14-25-31(39)37-33(41)38(32(25)40)23-9-11-24(12-10-23)43-18-20-6-4-3-5-7-20/h3-17H,2,18-19H2,1H3,(H,37,39,41)/b25-14+. The minimum Gasteiger partial charge on any atom is -0.490 e. The van der Waals surface area contributed by atoms with Gasteiger partial charge in [-0.25, -0.2) is 9.69 Å². The summed E-state index contributed by atoms with van der Waals surface area (Å²) >= 11 is 18.7. The molecule has 0 bridgehead atoms. The first-order valence-electron chi connectivity index (χ1n) is 13.4. The SMILES string of the molecule is CCOc1cc(/C=C2\C(=O)NC(=O)N(c3ccc(OCc4ccccc4)cc3)C2=O)cc(Cl)c1OCc1ccc(Cl)c(Cl)c1. The Morgan fingerprint density at radius 2 is 1.48 bits per heavy atom. The summed E-state index contributed by atoms with van der Waals surface area (Å²) in [5, 5.41) is 3.22. The van der Waals surface area contributed by atoms with Crippen molar-refractivity contribution in [3.63, 3.8) is 0 Å². The van der Waals surface area contributed by atoms with Crippen LogP contribution in [-0.2, 0) is 22.8 Å². The summed E-state index contributed by atoms with van der Waals surface area (Å²) in [5.41, 5.74) is 2.13. The molecular weight excluding hydrogens is 627 g/mol. The average molecular weight is 652 g/mol. The maximum Gasteiger partial charge on any atom is 0.335 e. The maximum atomic E-state index is 13.5. The van der Waals surface area contributed by atoms with Gasteiger partial charge in [0.25, 0.3) is 11.8 Å². The van der Waals surface area contributed by atoms with E-state index >= 15 is 0 Å². The lowest BCUT2D eigenvalue weighted by molar-refractivity contribution is -0.122. The molecule has 11 heteroatoms. The van der Waals surface area contributed by atoms with Crippen LogP contribution in [0.15, 0.2) is 90.5 Å². The van der Waals surface area contributed by atoms with E-state index < -0.39 is 17.8 Å². The highest BCUT2D eigenvalue weighted by molar-refractivity contribution is 6.42. The fourth-order valence-corrected chi connectivity index (χ4v) is 4.94. The lowest BCUT2D eigenvalue weighted by Gasteiger charge is -2.26. The summed E-state index contributed by atoms with van der Waals surface area (Å²) in [6.07, 6.45) is 1.34. The molecule has 0 aromatic heterocycles. The summed E-state index contributed by atoms with van der Waals surface area (Å²) in [6, 6.07) is 23.4. The van der Waals surface area contributed by atoms with E-state index in [1.807, 2.05) is 30.3 Å². The van der Waals surface area contributed by atoms with Crippen LogP contribution in [0, 0.1) is 0 Å². The molecule has 1 N–H and O–H groups in total. The lowest BCUT2D eigenvalue weighted by atomic mass is 10.1. The van der Waals surface area contributed by atoms with Crippen molar-refractivity contribution in [3.05, 3.63) is 122 Å². The number of anilines is 1. The molecule has 0 saturated carbocycles. The smallest absolute Gasteiger partial charge is 0.335 e. The molecule has 0 aliphatic carbocycles. The summed E-state index contributed by atoms with van der Waals surface area (Å²) in [5.74, 6) is -0.519. The van der Waals surface area contributed by atoms with Gasteiger partial charge in [0.2, 0.25) is 0 Å². The molecule has 0 spiro atoms. The van der Waals surface area contributed by atoms with Crippen LogP contribution >= 0.6 is 34.8 Å². The minimum absolute atomic E-state index is 0.130. The van der Waals surface area contributed by atoms with Gasteiger partial charge in [0.05, 0.1) is 27.4 Å². The number of nitrogens with one attached hydrogen (secondary N) is 1. The second-order valence-corrected chi connectivity index (χ2v) is 10.7. The molecule has 4 amide bonds. The molecule has 0 atom stereocenters. The number of ether oxygens (including phenoxy) is 3. The van der Waals surface area contributed by atoms with Gasteiger partial charge >= 0.3 is 6.03 Å². The van der Waals surface area contributed by atoms with Gasteiger partial charge < -0.3 is 14.2 Å².